The molecule has 0 spiro atoms. The maximum atomic E-state index is 5.73. The van der Waals surface area contributed by atoms with Crippen molar-refractivity contribution in [3.63, 3.8) is 0 Å². The molecule has 0 unspecified atom stereocenters. The van der Waals surface area contributed by atoms with Crippen LogP contribution in [0.15, 0.2) is 365 Å². The van der Waals surface area contributed by atoms with Gasteiger partial charge in [-0.05, 0) is 135 Å². The van der Waals surface area contributed by atoms with Gasteiger partial charge in [-0.3, -0.25) is 0 Å². The molecular weight excluding hydrogens is 2550 g/mol. The summed E-state index contributed by atoms with van der Waals surface area (Å²) in [7, 11) is 0. The average Bonchev–Trinajstić information content (AvgIpc) is 0.805. The molecule has 8 heterocycles. The summed E-state index contributed by atoms with van der Waals surface area (Å²) in [6, 6.07) is 127. The molecule has 12 aromatic carbocycles. The quantitative estimate of drug-likeness (QED) is 0.0276. The number of hydrogen-bond acceptors (Lipinski definition) is 17. The predicted molar refractivity (Wildman–Crippen MR) is 586 cm³/mol. The molecule has 8 aromatic heterocycles. The van der Waals surface area contributed by atoms with Gasteiger partial charge in [-0.2, -0.15) is 0 Å². The van der Waals surface area contributed by atoms with Gasteiger partial charge in [-0.1, -0.05) is 321 Å². The molecule has 0 atom stereocenters. The van der Waals surface area contributed by atoms with E-state index >= 15 is 0 Å². The van der Waals surface area contributed by atoms with Crippen LogP contribution in [0.3, 0.4) is 0 Å². The Kier molecular flexibility index (Phi) is 43.0. The number of hydrogen-bond donors (Lipinski definition) is 0. The van der Waals surface area contributed by atoms with Crippen molar-refractivity contribution in [1.82, 2.24) is 79.7 Å². The Balaban J connectivity index is 0.000000165. The molecule has 0 saturated carbocycles. The molecule has 0 N–H and O–H groups in total. The molecule has 17 nitrogen and oxygen atoms in total. The van der Waals surface area contributed by atoms with Gasteiger partial charge in [0.2, 0.25) is 0 Å². The Morgan fingerprint density at radius 3 is 0.597 bits per heavy atom. The molecule has 0 aliphatic carbocycles. The summed E-state index contributed by atoms with van der Waals surface area (Å²) < 4.78 is 5.73. The van der Waals surface area contributed by atoms with E-state index in [0.29, 0.717) is 76.5 Å². The van der Waals surface area contributed by atoms with Gasteiger partial charge in [-0.25, -0.2) is 59.8 Å². The van der Waals surface area contributed by atoms with E-state index in [0.717, 1.165) is 162 Å². The number of rotatable bonds is 33. The molecule has 4 radical (unpaired) electrons. The van der Waals surface area contributed by atoms with E-state index in [-0.39, 0.29) is 80.4 Å². The SMILES string of the molecule is CCCCCCc1ccc(-c2nc(-c3ccc(CCCCCC)cc3)nc(-c3ccc(-c4[c-]cccc4)nc3)n2)cc1.CCCOc1ccc(-c2nc(-c3ccc(C)cc3)nc(-c3ccc(-c4[c-]cccc4)nc3)n2)cc1.CCCc1ccc(-c2nc(-c3ccc(CCC)cc3)nc(-c3ccc(-c4[c-]cccc4)nc3)n2)cc1.Cc1ccc(-c2nc(-c3ccc(C)cc3)nc(-c3ccc(-c4[c-]cccc4)nc3)n2)cc1.[Ir].[Ir].[Ir].[Ir]. The number of pyridine rings is 4. The summed E-state index contributed by atoms with van der Waals surface area (Å²) in [5.41, 5.74) is 27.3. The van der Waals surface area contributed by atoms with Gasteiger partial charge in [0.05, 0.1) is 6.61 Å². The van der Waals surface area contributed by atoms with E-state index in [1.54, 1.807) is 6.20 Å². The summed E-state index contributed by atoms with van der Waals surface area (Å²) in [5.74, 6) is 8.44. The van der Waals surface area contributed by atoms with Crippen LogP contribution in [0.25, 0.3) is 182 Å². The molecule has 0 saturated heterocycles. The first-order valence-electron chi connectivity index (χ1n) is 50.4. The second-order valence-electron chi connectivity index (χ2n) is 35.9. The number of nitrogens with zero attached hydrogens (tertiary/aromatic N) is 16. The number of aryl methyl sites for hydroxylation is 7. The number of benzene rings is 12. The van der Waals surface area contributed by atoms with Crippen LogP contribution < -0.4 is 4.74 Å². The van der Waals surface area contributed by atoms with Crippen LogP contribution >= 0.6 is 0 Å². The van der Waals surface area contributed by atoms with Gasteiger partial charge < -0.3 is 24.7 Å². The van der Waals surface area contributed by atoms with Crippen LogP contribution in [0, 0.1) is 45.0 Å². The molecule has 754 valence electrons. The van der Waals surface area contributed by atoms with E-state index in [4.69, 9.17) is 69.5 Å². The normalized spacial score (nSPS) is 10.6. The Labute approximate surface area is 930 Å². The third-order valence-corrected chi connectivity index (χ3v) is 24.6. The number of unbranched alkanes of at least 4 members (excludes halogenated alkanes) is 6. The van der Waals surface area contributed by atoms with E-state index in [1.807, 2.05) is 225 Å². The standard InChI is InChI=1S/C38H41N4.C32H29N4.C30H25N4O.C28H21N4.4Ir/c1-3-5-7-10-14-29-18-22-32(23-19-29)36-40-37(33-24-20-30(21-25-33)15-11-8-6-4-2)42-38(41-36)34-26-27-35(39-28-34)31-16-12-9-13-17-31;1-3-8-23-12-16-26(17-13-23)30-34-31(27-18-14-24(9-4-2)15-19-27)36-32(35-30)28-20-21-29(33-22-28)25-10-6-5-7-11-25;1-3-19-35-26-16-13-24(14-17-26)29-32-28(23-11-9-21(2)10-12-23)33-30(34-29)25-15-18-27(31-20-25)22-7-5-4-6-8-22;1-19-8-12-22(13-9-19)26-30-27(23-14-10-20(2)11-15-23)32-28(31-26)24-16-17-25(29-18-24)21-6-4-3-5-7-21;;;;/h9,12-13,16,18-28H,3-8,10-11,14-15H2,1-2H3;5-7,10,12-22H,3-4,8-9H2,1-2H3;4-7,9-18,20H,3,19H2,1-2H3;3-6,8-18H,1-2H3;;;;/q4*-1;;;;. The fourth-order valence-corrected chi connectivity index (χ4v) is 16.4. The Morgan fingerprint density at radius 1 is 0.195 bits per heavy atom. The van der Waals surface area contributed by atoms with E-state index in [2.05, 4.69) is 228 Å². The molecule has 0 amide bonds. The van der Waals surface area contributed by atoms with Crippen LogP contribution in [-0.4, -0.2) is 86.4 Å². The van der Waals surface area contributed by atoms with Crippen molar-refractivity contribution in [2.75, 3.05) is 6.61 Å². The van der Waals surface area contributed by atoms with Gasteiger partial charge in [0, 0.05) is 172 Å². The Bertz CT molecular complexity index is 7290. The molecule has 149 heavy (non-hydrogen) atoms. The van der Waals surface area contributed by atoms with Crippen molar-refractivity contribution in [2.45, 2.75) is 152 Å². The van der Waals surface area contributed by atoms with Crippen LogP contribution in [0.4, 0.5) is 0 Å². The molecule has 20 aromatic rings. The molecule has 21 heteroatoms. The predicted octanol–water partition coefficient (Wildman–Crippen LogP) is 30.8. The van der Waals surface area contributed by atoms with E-state index < -0.39 is 0 Å². The van der Waals surface area contributed by atoms with Crippen molar-refractivity contribution in [1.29, 1.82) is 0 Å². The third-order valence-electron chi connectivity index (χ3n) is 24.6. The summed E-state index contributed by atoms with van der Waals surface area (Å²) in [5, 5.41) is 0. The van der Waals surface area contributed by atoms with Crippen molar-refractivity contribution in [2.24, 2.45) is 0 Å². The zero-order chi connectivity index (χ0) is 99.7. The minimum atomic E-state index is 0. The van der Waals surface area contributed by atoms with Gasteiger partial charge in [0.1, 0.15) is 5.75 Å². The first-order valence-corrected chi connectivity index (χ1v) is 50.4. The first-order chi connectivity index (χ1) is 71.3. The van der Waals surface area contributed by atoms with Gasteiger partial charge >= 0.3 is 0 Å². The summed E-state index contributed by atoms with van der Waals surface area (Å²) in [6.07, 6.45) is 25.0. The van der Waals surface area contributed by atoms with Crippen LogP contribution in [0.1, 0.15) is 144 Å². The fourth-order valence-electron chi connectivity index (χ4n) is 16.4. The van der Waals surface area contributed by atoms with Crippen LogP contribution in [-0.2, 0) is 106 Å². The second kappa shape index (κ2) is 57.3. The molecule has 0 bridgehead atoms. The maximum Gasteiger partial charge on any atom is 0.165 e. The molecule has 0 aliphatic rings. The average molecular weight is 2660 g/mol. The molecule has 0 aliphatic heterocycles. The molecule has 0 fully saturated rings. The zero-order valence-corrected chi connectivity index (χ0v) is 94.4. The van der Waals surface area contributed by atoms with E-state index in [9.17, 15) is 0 Å². The minimum absolute atomic E-state index is 0. The van der Waals surface area contributed by atoms with Gasteiger partial charge in [0.25, 0.3) is 0 Å². The van der Waals surface area contributed by atoms with Crippen molar-refractivity contribution in [3.05, 3.63) is 428 Å². The number of aromatic nitrogens is 16. The topological polar surface area (TPSA) is 215 Å². The van der Waals surface area contributed by atoms with Gasteiger partial charge in [0.15, 0.2) is 69.9 Å². The van der Waals surface area contributed by atoms with E-state index in [1.165, 1.54) is 90.3 Å². The molecular formula is C128H116Ir4N16O-4. The summed E-state index contributed by atoms with van der Waals surface area (Å²) in [4.78, 5) is 76.7. The minimum Gasteiger partial charge on any atom is -0.494 e. The van der Waals surface area contributed by atoms with Crippen LogP contribution in [0.5, 0.6) is 5.75 Å². The fraction of sp³-hybridized carbons (Fsp3) is 0.188. The maximum absolute atomic E-state index is 5.73. The second-order valence-corrected chi connectivity index (χ2v) is 35.9. The van der Waals surface area contributed by atoms with Crippen molar-refractivity contribution in [3.8, 4) is 187 Å². The van der Waals surface area contributed by atoms with Crippen molar-refractivity contribution < 1.29 is 85.2 Å². The molecule has 20 rings (SSSR count). The number of ether oxygens (including phenoxy) is 1. The largest absolute Gasteiger partial charge is 0.494 e. The van der Waals surface area contributed by atoms with Crippen LogP contribution in [0.2, 0.25) is 0 Å². The first kappa shape index (κ1) is 112. The third kappa shape index (κ3) is 31.4. The van der Waals surface area contributed by atoms with Crippen molar-refractivity contribution >= 4 is 0 Å². The summed E-state index contributed by atoms with van der Waals surface area (Å²) >= 11 is 0. The van der Waals surface area contributed by atoms with Gasteiger partial charge in [-0.15, -0.1) is 144 Å². The smallest absolute Gasteiger partial charge is 0.165 e. The Morgan fingerprint density at radius 2 is 0.403 bits per heavy atom. The summed E-state index contributed by atoms with van der Waals surface area (Å²) in [6.45, 7) is 17.9. The zero-order valence-electron chi connectivity index (χ0n) is 84.9. The monoisotopic (exact) mass is 2660 g/mol. The Hall–Kier alpha value is -14.3.